The van der Waals surface area contributed by atoms with E-state index in [4.69, 9.17) is 31.1 Å². The highest BCUT2D eigenvalue weighted by molar-refractivity contribution is 6.32. The number of nitrogens with zero attached hydrogens (tertiary/aromatic N) is 2. The summed E-state index contributed by atoms with van der Waals surface area (Å²) >= 11 is 6.05. The average molecular weight is 305 g/mol. The van der Waals surface area contributed by atoms with Crippen molar-refractivity contribution < 1.29 is 14.2 Å². The topological polar surface area (TPSA) is 64.4 Å². The Hall–Kier alpha value is -2.29. The normalized spacial score (nSPS) is 10.0. The molecule has 0 spiro atoms. The summed E-state index contributed by atoms with van der Waals surface area (Å²) in [6, 6.07) is 8.88. The maximum atomic E-state index is 9.14. The van der Waals surface area contributed by atoms with E-state index < -0.39 is 0 Å². The van der Waals surface area contributed by atoms with Crippen LogP contribution < -0.4 is 9.47 Å². The van der Waals surface area contributed by atoms with Crippen molar-refractivity contribution in [3.05, 3.63) is 41.0 Å². The zero-order valence-electron chi connectivity index (χ0n) is 11.6. The fraction of sp³-hybridized carbons (Fsp3) is 0.200. The Kier molecular flexibility index (Phi) is 4.99. The van der Waals surface area contributed by atoms with Crippen LogP contribution in [-0.4, -0.2) is 26.0 Å². The summed E-state index contributed by atoms with van der Waals surface area (Å²) in [4.78, 5) is 4.15. The van der Waals surface area contributed by atoms with Gasteiger partial charge < -0.3 is 14.2 Å². The van der Waals surface area contributed by atoms with Crippen molar-refractivity contribution in [2.24, 2.45) is 0 Å². The van der Waals surface area contributed by atoms with Crippen molar-refractivity contribution in [3.8, 4) is 28.8 Å². The van der Waals surface area contributed by atoms with Gasteiger partial charge in [0.05, 0.1) is 17.7 Å². The van der Waals surface area contributed by atoms with E-state index in [1.807, 2.05) is 12.1 Å². The second-order valence-corrected chi connectivity index (χ2v) is 4.46. The largest absolute Gasteiger partial charge is 0.481 e. The molecule has 0 aliphatic carbocycles. The third kappa shape index (κ3) is 3.24. The van der Waals surface area contributed by atoms with Gasteiger partial charge >= 0.3 is 0 Å². The highest BCUT2D eigenvalue weighted by Crippen LogP contribution is 2.38. The SMILES string of the molecule is COCOc1cc(Cl)c(C#N)cc1-c1cccnc1OC. The molecule has 0 fully saturated rings. The molecule has 1 aromatic carbocycles. The van der Waals surface area contributed by atoms with Gasteiger partial charge in [-0.15, -0.1) is 0 Å². The van der Waals surface area contributed by atoms with E-state index in [-0.39, 0.29) is 6.79 Å². The number of benzene rings is 1. The van der Waals surface area contributed by atoms with Gasteiger partial charge in [-0.1, -0.05) is 11.6 Å². The third-order valence-electron chi connectivity index (χ3n) is 2.78. The van der Waals surface area contributed by atoms with E-state index in [0.29, 0.717) is 33.3 Å². The molecule has 0 aliphatic heterocycles. The predicted octanol–water partition coefficient (Wildman–Crippen LogP) is 3.26. The van der Waals surface area contributed by atoms with Crippen LogP contribution in [0.1, 0.15) is 5.56 Å². The van der Waals surface area contributed by atoms with Crippen LogP contribution in [0.4, 0.5) is 0 Å². The van der Waals surface area contributed by atoms with Crippen LogP contribution in [-0.2, 0) is 4.74 Å². The lowest BCUT2D eigenvalue weighted by atomic mass is 10.0. The van der Waals surface area contributed by atoms with Gasteiger partial charge in [0.25, 0.3) is 0 Å². The Morgan fingerprint density at radius 3 is 2.76 bits per heavy atom. The first-order valence-electron chi connectivity index (χ1n) is 6.06. The van der Waals surface area contributed by atoms with Crippen LogP contribution in [0.3, 0.4) is 0 Å². The number of nitriles is 1. The highest BCUT2D eigenvalue weighted by Gasteiger charge is 2.15. The Labute approximate surface area is 127 Å². The monoisotopic (exact) mass is 304 g/mol. The van der Waals surface area contributed by atoms with Gasteiger partial charge in [-0.25, -0.2) is 4.98 Å². The van der Waals surface area contributed by atoms with Crippen LogP contribution in [0, 0.1) is 11.3 Å². The second kappa shape index (κ2) is 6.93. The molecule has 21 heavy (non-hydrogen) atoms. The molecule has 0 amide bonds. The first kappa shape index (κ1) is 15.1. The van der Waals surface area contributed by atoms with E-state index in [0.717, 1.165) is 0 Å². The minimum Gasteiger partial charge on any atom is -0.481 e. The van der Waals surface area contributed by atoms with Gasteiger partial charge in [0.15, 0.2) is 6.79 Å². The molecule has 5 nitrogen and oxygen atoms in total. The first-order valence-corrected chi connectivity index (χ1v) is 6.43. The van der Waals surface area contributed by atoms with E-state index in [9.17, 15) is 0 Å². The summed E-state index contributed by atoms with van der Waals surface area (Å²) in [5.74, 6) is 0.929. The van der Waals surface area contributed by atoms with Crippen molar-refractivity contribution in [3.63, 3.8) is 0 Å². The Bertz CT molecular complexity index is 683. The Morgan fingerprint density at radius 2 is 2.10 bits per heavy atom. The minimum atomic E-state index is 0.0673. The second-order valence-electron chi connectivity index (χ2n) is 4.05. The Morgan fingerprint density at radius 1 is 1.29 bits per heavy atom. The molecule has 0 unspecified atom stereocenters. The molecule has 0 bridgehead atoms. The van der Waals surface area contributed by atoms with Crippen molar-refractivity contribution in [1.82, 2.24) is 4.98 Å². The maximum absolute atomic E-state index is 9.14. The van der Waals surface area contributed by atoms with E-state index in [1.54, 1.807) is 24.4 Å². The van der Waals surface area contributed by atoms with Gasteiger partial charge in [-0.05, 0) is 18.2 Å². The summed E-state index contributed by atoms with van der Waals surface area (Å²) in [5, 5.41) is 9.45. The smallest absolute Gasteiger partial charge is 0.221 e. The lowest BCUT2D eigenvalue weighted by molar-refractivity contribution is 0.0515. The van der Waals surface area contributed by atoms with Crippen LogP contribution >= 0.6 is 11.6 Å². The molecule has 108 valence electrons. The lowest BCUT2D eigenvalue weighted by Crippen LogP contribution is -2.01. The summed E-state index contributed by atoms with van der Waals surface area (Å²) < 4.78 is 15.7. The molecule has 0 saturated heterocycles. The predicted molar refractivity (Wildman–Crippen MR) is 78.5 cm³/mol. The number of hydrogen-bond donors (Lipinski definition) is 0. The van der Waals surface area contributed by atoms with Crippen molar-refractivity contribution in [2.75, 3.05) is 21.0 Å². The molecule has 0 saturated carbocycles. The van der Waals surface area contributed by atoms with Gasteiger partial charge in [0.1, 0.15) is 11.8 Å². The van der Waals surface area contributed by atoms with Crippen LogP contribution in [0.25, 0.3) is 11.1 Å². The standard InChI is InChI=1S/C15H13ClN2O3/c1-19-9-21-14-7-13(16)10(8-17)6-12(14)11-4-3-5-18-15(11)20-2/h3-7H,9H2,1-2H3. The fourth-order valence-corrected chi connectivity index (χ4v) is 2.05. The van der Waals surface area contributed by atoms with Crippen molar-refractivity contribution in [1.29, 1.82) is 5.26 Å². The molecular weight excluding hydrogens is 292 g/mol. The van der Waals surface area contributed by atoms with E-state index >= 15 is 0 Å². The van der Waals surface area contributed by atoms with Gasteiger partial charge in [-0.3, -0.25) is 0 Å². The zero-order valence-corrected chi connectivity index (χ0v) is 12.3. The van der Waals surface area contributed by atoms with Crippen LogP contribution in [0.15, 0.2) is 30.5 Å². The van der Waals surface area contributed by atoms with Crippen molar-refractivity contribution >= 4 is 11.6 Å². The highest BCUT2D eigenvalue weighted by atomic mass is 35.5. The summed E-state index contributed by atoms with van der Waals surface area (Å²) in [6.07, 6.45) is 1.62. The molecule has 2 aromatic rings. The molecule has 0 aliphatic rings. The van der Waals surface area contributed by atoms with Gasteiger partial charge in [-0.2, -0.15) is 5.26 Å². The molecule has 0 N–H and O–H groups in total. The van der Waals surface area contributed by atoms with E-state index in [2.05, 4.69) is 4.98 Å². The fourth-order valence-electron chi connectivity index (χ4n) is 1.85. The minimum absolute atomic E-state index is 0.0673. The number of halogens is 1. The van der Waals surface area contributed by atoms with Gasteiger partial charge in [0, 0.05) is 30.5 Å². The number of aromatic nitrogens is 1. The third-order valence-corrected chi connectivity index (χ3v) is 3.09. The van der Waals surface area contributed by atoms with Crippen LogP contribution in [0.5, 0.6) is 11.6 Å². The first-order chi connectivity index (χ1) is 10.2. The summed E-state index contributed by atoms with van der Waals surface area (Å²) in [6.45, 7) is 0.0673. The average Bonchev–Trinajstić information content (AvgIpc) is 2.53. The Balaban J connectivity index is 2.62. The number of rotatable bonds is 5. The van der Waals surface area contributed by atoms with E-state index in [1.165, 1.54) is 14.2 Å². The van der Waals surface area contributed by atoms with Crippen molar-refractivity contribution in [2.45, 2.75) is 0 Å². The maximum Gasteiger partial charge on any atom is 0.221 e. The number of pyridine rings is 1. The zero-order chi connectivity index (χ0) is 15.2. The van der Waals surface area contributed by atoms with Gasteiger partial charge in [0.2, 0.25) is 5.88 Å². The summed E-state index contributed by atoms with van der Waals surface area (Å²) in [7, 11) is 3.05. The molecule has 2 rings (SSSR count). The molecule has 0 atom stereocenters. The molecular formula is C15H13ClN2O3. The number of hydrogen-bond acceptors (Lipinski definition) is 5. The summed E-state index contributed by atoms with van der Waals surface area (Å²) in [5.41, 5.74) is 1.72. The molecule has 1 heterocycles. The number of methoxy groups -OCH3 is 2. The lowest BCUT2D eigenvalue weighted by Gasteiger charge is -2.14. The molecule has 1 aromatic heterocycles. The quantitative estimate of drug-likeness (QED) is 0.793. The molecule has 0 radical (unpaired) electrons. The molecule has 6 heteroatoms. The van der Waals surface area contributed by atoms with Crippen LogP contribution in [0.2, 0.25) is 5.02 Å². The number of ether oxygens (including phenoxy) is 3.